The van der Waals surface area contributed by atoms with Crippen molar-refractivity contribution in [1.82, 2.24) is 5.32 Å². The number of thioether (sulfide) groups is 1. The molecule has 5 nitrogen and oxygen atoms in total. The molecule has 23 heavy (non-hydrogen) atoms. The number of anilines is 1. The summed E-state index contributed by atoms with van der Waals surface area (Å²) in [6, 6.07) is 7.05. The van der Waals surface area contributed by atoms with Crippen molar-refractivity contribution in [3.63, 3.8) is 0 Å². The number of carbonyl (C=O) groups is 2. The van der Waals surface area contributed by atoms with E-state index in [1.54, 1.807) is 31.2 Å². The molecular formula is C17H22N2O3S. The molecule has 1 atom stereocenters. The van der Waals surface area contributed by atoms with Crippen LogP contribution in [0.15, 0.2) is 34.9 Å². The number of rotatable bonds is 5. The van der Waals surface area contributed by atoms with Crippen LogP contribution in [0.4, 0.5) is 5.69 Å². The van der Waals surface area contributed by atoms with Crippen LogP contribution in [-0.4, -0.2) is 30.2 Å². The van der Waals surface area contributed by atoms with Crippen LogP contribution in [0.5, 0.6) is 0 Å². The van der Waals surface area contributed by atoms with Gasteiger partial charge in [0, 0.05) is 23.0 Å². The number of benzene rings is 1. The topological polar surface area (TPSA) is 67.4 Å². The van der Waals surface area contributed by atoms with E-state index in [1.165, 1.54) is 11.8 Å². The fourth-order valence-electron chi connectivity index (χ4n) is 2.07. The van der Waals surface area contributed by atoms with E-state index in [9.17, 15) is 9.59 Å². The van der Waals surface area contributed by atoms with Gasteiger partial charge in [-0.2, -0.15) is 0 Å². The van der Waals surface area contributed by atoms with Gasteiger partial charge in [0.15, 0.2) is 0 Å². The molecule has 124 valence electrons. The lowest BCUT2D eigenvalue weighted by molar-refractivity contribution is -0.112. The van der Waals surface area contributed by atoms with E-state index in [-0.39, 0.29) is 17.9 Å². The number of carbonyl (C=O) groups excluding carboxylic acids is 2. The van der Waals surface area contributed by atoms with Gasteiger partial charge in [0.2, 0.25) is 0 Å². The number of hydrogen-bond donors (Lipinski definition) is 2. The van der Waals surface area contributed by atoms with Crippen molar-refractivity contribution in [2.45, 2.75) is 33.2 Å². The predicted molar refractivity (Wildman–Crippen MR) is 93.4 cm³/mol. The Kier molecular flexibility index (Phi) is 6.10. The van der Waals surface area contributed by atoms with Gasteiger partial charge in [-0.1, -0.05) is 13.0 Å². The molecule has 1 heterocycles. The van der Waals surface area contributed by atoms with Gasteiger partial charge in [-0.05, 0) is 38.5 Å². The van der Waals surface area contributed by atoms with Crippen molar-refractivity contribution in [3.8, 4) is 0 Å². The highest BCUT2D eigenvalue weighted by atomic mass is 32.2. The van der Waals surface area contributed by atoms with Gasteiger partial charge in [0.05, 0.1) is 6.61 Å². The molecular weight excluding hydrogens is 312 g/mol. The fraction of sp³-hybridized carbons (Fsp3) is 0.412. The number of ether oxygens (including phenoxy) is 1. The molecule has 1 aliphatic heterocycles. The Labute approximate surface area is 140 Å². The molecule has 6 heteroatoms. The van der Waals surface area contributed by atoms with Gasteiger partial charge in [0.1, 0.15) is 10.7 Å². The fourth-order valence-corrected chi connectivity index (χ4v) is 2.88. The molecule has 0 aromatic heterocycles. The monoisotopic (exact) mass is 334 g/mol. The highest BCUT2D eigenvalue weighted by Gasteiger charge is 2.19. The van der Waals surface area contributed by atoms with Gasteiger partial charge in [-0.15, -0.1) is 11.8 Å². The largest absolute Gasteiger partial charge is 0.496 e. The maximum Gasteiger partial charge on any atom is 0.265 e. The summed E-state index contributed by atoms with van der Waals surface area (Å²) in [4.78, 5) is 25.0. The molecule has 0 bridgehead atoms. The minimum atomic E-state index is -0.202. The molecule has 0 fully saturated rings. The van der Waals surface area contributed by atoms with Crippen LogP contribution in [0.3, 0.4) is 0 Å². The summed E-state index contributed by atoms with van der Waals surface area (Å²) in [7, 11) is 0. The summed E-state index contributed by atoms with van der Waals surface area (Å²) in [5.41, 5.74) is 1.12. The third-order valence-corrected chi connectivity index (χ3v) is 4.68. The minimum absolute atomic E-state index is 0.115. The van der Waals surface area contributed by atoms with Crippen LogP contribution in [-0.2, 0) is 9.53 Å². The molecule has 0 aliphatic carbocycles. The number of nitrogens with one attached hydrogen (secondary N) is 2. The third kappa shape index (κ3) is 4.76. The molecule has 0 spiro atoms. The lowest BCUT2D eigenvalue weighted by atomic mass is 10.1. The number of allylic oxidation sites excluding steroid dienone is 1. The van der Waals surface area contributed by atoms with E-state index >= 15 is 0 Å². The first-order valence-electron chi connectivity index (χ1n) is 7.70. The summed E-state index contributed by atoms with van der Waals surface area (Å²) in [5.74, 6) is 1.06. The zero-order valence-corrected chi connectivity index (χ0v) is 14.5. The number of amides is 2. The third-order valence-electron chi connectivity index (χ3n) is 3.55. The smallest absolute Gasteiger partial charge is 0.265 e. The summed E-state index contributed by atoms with van der Waals surface area (Å²) in [5, 5.41) is 5.74. The Morgan fingerprint density at radius 3 is 2.83 bits per heavy atom. The standard InChI is InChI=1S/C17H22N2O3S/c1-4-11(2)18-16(20)13-6-5-7-14(10-13)19-17(21)15-12(3)22-8-9-23-15/h5-7,10-11H,4,8-9H2,1-3H3,(H,18,20)(H,19,21)/t11-/m1/s1. The molecule has 0 radical (unpaired) electrons. The van der Waals surface area contributed by atoms with Crippen LogP contribution >= 0.6 is 11.8 Å². The number of hydrogen-bond acceptors (Lipinski definition) is 4. The maximum absolute atomic E-state index is 12.3. The van der Waals surface area contributed by atoms with E-state index in [4.69, 9.17) is 4.74 Å². The Bertz CT molecular complexity index is 628. The quantitative estimate of drug-likeness (QED) is 0.868. The second-order valence-corrected chi connectivity index (χ2v) is 6.51. The Hall–Kier alpha value is -1.95. The zero-order chi connectivity index (χ0) is 16.8. The molecule has 1 aliphatic rings. The Morgan fingerprint density at radius 2 is 2.13 bits per heavy atom. The highest BCUT2D eigenvalue weighted by molar-refractivity contribution is 8.04. The molecule has 2 N–H and O–H groups in total. The van der Waals surface area contributed by atoms with Crippen LogP contribution < -0.4 is 10.6 Å². The Morgan fingerprint density at radius 1 is 1.35 bits per heavy atom. The van der Waals surface area contributed by atoms with Crippen LogP contribution in [0.1, 0.15) is 37.6 Å². The first-order valence-corrected chi connectivity index (χ1v) is 8.68. The van der Waals surface area contributed by atoms with Crippen molar-refractivity contribution in [2.75, 3.05) is 17.7 Å². The first-order chi connectivity index (χ1) is 11.0. The maximum atomic E-state index is 12.3. The van der Waals surface area contributed by atoms with Crippen LogP contribution in [0.25, 0.3) is 0 Å². The molecule has 1 aromatic carbocycles. The van der Waals surface area contributed by atoms with Crippen molar-refractivity contribution in [2.24, 2.45) is 0 Å². The van der Waals surface area contributed by atoms with Crippen LogP contribution in [0, 0.1) is 0 Å². The first kappa shape index (κ1) is 17.4. The SMILES string of the molecule is CC[C@@H](C)NC(=O)c1cccc(NC(=O)C2=C(C)OCCS2)c1. The lowest BCUT2D eigenvalue weighted by Crippen LogP contribution is -2.31. The van der Waals surface area contributed by atoms with E-state index in [1.807, 2.05) is 13.8 Å². The van der Waals surface area contributed by atoms with E-state index in [0.717, 1.165) is 12.2 Å². The molecule has 2 rings (SSSR count). The van der Waals surface area contributed by atoms with Crippen molar-refractivity contribution in [3.05, 3.63) is 40.5 Å². The summed E-state index contributed by atoms with van der Waals surface area (Å²) < 4.78 is 5.40. The summed E-state index contributed by atoms with van der Waals surface area (Å²) in [6.07, 6.45) is 0.868. The molecule has 0 saturated heterocycles. The van der Waals surface area contributed by atoms with Gasteiger partial charge < -0.3 is 15.4 Å². The van der Waals surface area contributed by atoms with E-state index in [0.29, 0.717) is 28.5 Å². The molecule has 0 saturated carbocycles. The van der Waals surface area contributed by atoms with Crippen molar-refractivity contribution >= 4 is 29.3 Å². The average molecular weight is 334 g/mol. The van der Waals surface area contributed by atoms with Gasteiger partial charge in [-0.25, -0.2) is 0 Å². The minimum Gasteiger partial charge on any atom is -0.496 e. The predicted octanol–water partition coefficient (Wildman–Crippen LogP) is 3.15. The van der Waals surface area contributed by atoms with Gasteiger partial charge in [-0.3, -0.25) is 9.59 Å². The van der Waals surface area contributed by atoms with Crippen LogP contribution in [0.2, 0.25) is 0 Å². The summed E-state index contributed by atoms with van der Waals surface area (Å²) >= 11 is 1.48. The lowest BCUT2D eigenvalue weighted by Gasteiger charge is -2.18. The normalized spacial score (nSPS) is 15.6. The zero-order valence-electron chi connectivity index (χ0n) is 13.6. The average Bonchev–Trinajstić information content (AvgIpc) is 2.55. The second-order valence-electron chi connectivity index (χ2n) is 5.40. The van der Waals surface area contributed by atoms with E-state index in [2.05, 4.69) is 10.6 Å². The summed E-state index contributed by atoms with van der Waals surface area (Å²) in [6.45, 7) is 6.39. The van der Waals surface area contributed by atoms with Gasteiger partial charge >= 0.3 is 0 Å². The van der Waals surface area contributed by atoms with E-state index < -0.39 is 0 Å². The second kappa shape index (κ2) is 8.06. The molecule has 1 aromatic rings. The van der Waals surface area contributed by atoms with Crippen molar-refractivity contribution in [1.29, 1.82) is 0 Å². The highest BCUT2D eigenvalue weighted by Crippen LogP contribution is 2.26. The molecule has 2 amide bonds. The Balaban J connectivity index is 2.08. The molecule has 0 unspecified atom stereocenters. The van der Waals surface area contributed by atoms with Crippen molar-refractivity contribution < 1.29 is 14.3 Å². The van der Waals surface area contributed by atoms with Gasteiger partial charge in [0.25, 0.3) is 11.8 Å².